The van der Waals surface area contributed by atoms with Gasteiger partial charge in [-0.2, -0.15) is 0 Å². The van der Waals surface area contributed by atoms with Crippen molar-refractivity contribution in [2.24, 2.45) is 4.99 Å². The molecule has 2 rings (SSSR count). The third kappa shape index (κ3) is 3.16. The first kappa shape index (κ1) is 14.1. The van der Waals surface area contributed by atoms with Gasteiger partial charge in [-0.05, 0) is 18.2 Å². The molecule has 0 bridgehead atoms. The molecule has 102 valence electrons. The maximum Gasteiger partial charge on any atom is 0.270 e. The lowest BCUT2D eigenvalue weighted by Gasteiger charge is -1.99. The number of aliphatic imine (C=N–C) groups is 1. The van der Waals surface area contributed by atoms with Gasteiger partial charge in [-0.1, -0.05) is 11.6 Å². The van der Waals surface area contributed by atoms with Crippen molar-refractivity contribution in [1.29, 1.82) is 0 Å². The number of halogens is 3. The Morgan fingerprint density at radius 3 is 2.60 bits per heavy atom. The molecule has 0 aliphatic carbocycles. The van der Waals surface area contributed by atoms with Gasteiger partial charge in [-0.15, -0.1) is 0 Å². The summed E-state index contributed by atoms with van der Waals surface area (Å²) in [5.41, 5.74) is 0.0222. The van der Waals surface area contributed by atoms with Gasteiger partial charge >= 0.3 is 0 Å². The minimum absolute atomic E-state index is 0.0889. The van der Waals surface area contributed by atoms with Crippen LogP contribution in [-0.4, -0.2) is 11.1 Å². The van der Waals surface area contributed by atoms with Crippen molar-refractivity contribution in [3.8, 4) is 0 Å². The highest BCUT2D eigenvalue weighted by atomic mass is 35.5. The molecule has 0 radical (unpaired) electrons. The van der Waals surface area contributed by atoms with Crippen LogP contribution in [0.2, 0.25) is 5.02 Å². The van der Waals surface area contributed by atoms with E-state index < -0.39 is 16.6 Å². The van der Waals surface area contributed by atoms with E-state index in [1.165, 1.54) is 24.4 Å². The number of nitro groups is 1. The zero-order chi connectivity index (χ0) is 14.7. The molecule has 0 N–H and O–H groups in total. The Labute approximate surface area is 117 Å². The molecule has 0 aliphatic heterocycles. The fourth-order valence-corrected chi connectivity index (χ4v) is 1.64. The maximum atomic E-state index is 13.4. The average molecular weight is 297 g/mol. The van der Waals surface area contributed by atoms with E-state index >= 15 is 0 Å². The van der Waals surface area contributed by atoms with E-state index in [9.17, 15) is 18.9 Å². The van der Waals surface area contributed by atoms with Crippen molar-refractivity contribution < 1.29 is 13.7 Å². The van der Waals surface area contributed by atoms with Gasteiger partial charge < -0.3 is 0 Å². The van der Waals surface area contributed by atoms with Crippen LogP contribution in [0.1, 0.15) is 5.56 Å². The van der Waals surface area contributed by atoms with Crippen LogP contribution >= 0.6 is 11.6 Å². The average Bonchev–Trinajstić information content (AvgIpc) is 2.39. The van der Waals surface area contributed by atoms with E-state index in [4.69, 9.17) is 11.6 Å². The topological polar surface area (TPSA) is 55.5 Å². The number of hydrogen-bond acceptors (Lipinski definition) is 3. The summed E-state index contributed by atoms with van der Waals surface area (Å²) in [6.45, 7) is 0. The maximum absolute atomic E-state index is 13.4. The van der Waals surface area contributed by atoms with Crippen molar-refractivity contribution in [2.75, 3.05) is 0 Å². The van der Waals surface area contributed by atoms with Crippen molar-refractivity contribution in [2.45, 2.75) is 0 Å². The Morgan fingerprint density at radius 2 is 1.95 bits per heavy atom. The van der Waals surface area contributed by atoms with Gasteiger partial charge in [-0.25, -0.2) is 8.78 Å². The molecule has 0 aliphatic rings. The van der Waals surface area contributed by atoms with E-state index in [0.717, 1.165) is 12.1 Å². The minimum Gasteiger partial charge on any atom is -0.258 e. The van der Waals surface area contributed by atoms with E-state index in [1.807, 2.05) is 0 Å². The zero-order valence-corrected chi connectivity index (χ0v) is 10.6. The van der Waals surface area contributed by atoms with Crippen molar-refractivity contribution in [3.05, 3.63) is 68.7 Å². The van der Waals surface area contributed by atoms with E-state index in [-0.39, 0.29) is 22.0 Å². The Bertz CT molecular complexity index is 705. The van der Waals surface area contributed by atoms with Crippen LogP contribution in [-0.2, 0) is 0 Å². The lowest BCUT2D eigenvalue weighted by atomic mass is 10.2. The van der Waals surface area contributed by atoms with Crippen molar-refractivity contribution in [1.82, 2.24) is 0 Å². The van der Waals surface area contributed by atoms with Crippen LogP contribution in [0, 0.1) is 21.7 Å². The Balaban J connectivity index is 2.35. The first-order valence-electron chi connectivity index (χ1n) is 5.40. The summed E-state index contributed by atoms with van der Waals surface area (Å²) in [5.74, 6) is -1.54. The molecule has 0 unspecified atom stereocenters. The first-order valence-corrected chi connectivity index (χ1v) is 5.78. The summed E-state index contributed by atoms with van der Waals surface area (Å²) in [7, 11) is 0. The molecule has 0 saturated heterocycles. The molecular weight excluding hydrogens is 290 g/mol. The van der Waals surface area contributed by atoms with Gasteiger partial charge in [0.05, 0.1) is 10.6 Å². The van der Waals surface area contributed by atoms with Crippen LogP contribution in [0.4, 0.5) is 20.2 Å². The Morgan fingerprint density at radius 1 is 1.20 bits per heavy atom. The molecule has 2 aromatic carbocycles. The van der Waals surface area contributed by atoms with Gasteiger partial charge in [0.1, 0.15) is 5.82 Å². The van der Waals surface area contributed by atoms with Crippen LogP contribution in [0.25, 0.3) is 0 Å². The van der Waals surface area contributed by atoms with Gasteiger partial charge in [-0.3, -0.25) is 15.1 Å². The van der Waals surface area contributed by atoms with Crippen LogP contribution in [0.15, 0.2) is 41.4 Å². The number of nitrogens with zero attached hydrogens (tertiary/aromatic N) is 2. The summed E-state index contributed by atoms with van der Waals surface area (Å²) >= 11 is 5.86. The first-order chi connectivity index (χ1) is 9.47. The molecule has 0 spiro atoms. The highest BCUT2D eigenvalue weighted by molar-refractivity contribution is 6.33. The normalized spacial score (nSPS) is 10.9. The summed E-state index contributed by atoms with van der Waals surface area (Å²) in [6.07, 6.45) is 1.19. The molecule has 0 amide bonds. The molecular formula is C13H7ClF2N2O2. The number of rotatable bonds is 3. The van der Waals surface area contributed by atoms with Crippen LogP contribution in [0.3, 0.4) is 0 Å². The standard InChI is InChI=1S/C13H7ClF2N2O2/c14-11-3-2-10(18(19)20)5-8(11)7-17-13-4-1-9(15)6-12(13)16/h1-7H. The summed E-state index contributed by atoms with van der Waals surface area (Å²) in [6, 6.07) is 6.73. The quantitative estimate of drug-likeness (QED) is 0.482. The van der Waals surface area contributed by atoms with E-state index in [0.29, 0.717) is 6.07 Å². The molecule has 4 nitrogen and oxygen atoms in total. The molecule has 20 heavy (non-hydrogen) atoms. The summed E-state index contributed by atoms with van der Waals surface area (Å²) in [4.78, 5) is 13.9. The lowest BCUT2D eigenvalue weighted by Crippen LogP contribution is -1.91. The van der Waals surface area contributed by atoms with Crippen LogP contribution in [0.5, 0.6) is 0 Å². The highest BCUT2D eigenvalue weighted by Crippen LogP contribution is 2.23. The van der Waals surface area contributed by atoms with Gasteiger partial charge in [0.25, 0.3) is 5.69 Å². The van der Waals surface area contributed by atoms with Crippen LogP contribution < -0.4 is 0 Å². The van der Waals surface area contributed by atoms with Gasteiger partial charge in [0.2, 0.25) is 0 Å². The van der Waals surface area contributed by atoms with Gasteiger partial charge in [0, 0.05) is 35.0 Å². The second-order valence-electron chi connectivity index (χ2n) is 3.82. The second-order valence-corrected chi connectivity index (χ2v) is 4.22. The van der Waals surface area contributed by atoms with Gasteiger partial charge in [0.15, 0.2) is 5.82 Å². The fourth-order valence-electron chi connectivity index (χ4n) is 1.47. The number of non-ortho nitro benzene ring substituents is 1. The predicted molar refractivity (Wildman–Crippen MR) is 71.7 cm³/mol. The third-order valence-electron chi connectivity index (χ3n) is 2.44. The van der Waals surface area contributed by atoms with E-state index in [1.54, 1.807) is 0 Å². The molecule has 2 aromatic rings. The predicted octanol–water partition coefficient (Wildman–Crippen LogP) is 4.28. The van der Waals surface area contributed by atoms with Crippen molar-refractivity contribution >= 4 is 29.2 Å². The fraction of sp³-hybridized carbons (Fsp3) is 0. The smallest absolute Gasteiger partial charge is 0.258 e. The van der Waals surface area contributed by atoms with Crippen molar-refractivity contribution in [3.63, 3.8) is 0 Å². The number of benzene rings is 2. The molecule has 0 atom stereocenters. The SMILES string of the molecule is O=[N+]([O-])c1ccc(Cl)c(C=Nc2ccc(F)cc2F)c1. The minimum atomic E-state index is -0.831. The third-order valence-corrected chi connectivity index (χ3v) is 2.79. The molecule has 0 aromatic heterocycles. The van der Waals surface area contributed by atoms with E-state index in [2.05, 4.69) is 4.99 Å². The Kier molecular flexibility index (Phi) is 4.05. The number of hydrogen-bond donors (Lipinski definition) is 0. The summed E-state index contributed by atoms with van der Waals surface area (Å²) < 4.78 is 26.1. The second kappa shape index (κ2) is 5.75. The molecule has 0 heterocycles. The number of nitro benzene ring substituents is 1. The molecule has 7 heteroatoms. The summed E-state index contributed by atoms with van der Waals surface area (Å²) in [5, 5.41) is 10.9. The molecule has 0 fully saturated rings. The lowest BCUT2D eigenvalue weighted by molar-refractivity contribution is -0.384. The molecule has 0 saturated carbocycles. The monoisotopic (exact) mass is 296 g/mol. The Hall–Kier alpha value is -2.34. The largest absolute Gasteiger partial charge is 0.270 e. The highest BCUT2D eigenvalue weighted by Gasteiger charge is 2.08. The zero-order valence-electron chi connectivity index (χ0n) is 9.89.